The maximum absolute atomic E-state index is 12.8. The molecule has 1 aromatic heterocycles. The van der Waals surface area contributed by atoms with Crippen LogP contribution in [0.1, 0.15) is 11.1 Å². The van der Waals surface area contributed by atoms with Gasteiger partial charge in [0.05, 0.1) is 21.9 Å². The zero-order chi connectivity index (χ0) is 14.9. The fourth-order valence-electron chi connectivity index (χ4n) is 1.69. The normalized spacial score (nSPS) is 11.4. The van der Waals surface area contributed by atoms with Crippen LogP contribution in [0.2, 0.25) is 0 Å². The summed E-state index contributed by atoms with van der Waals surface area (Å²) in [6.45, 7) is 1.42. The standard InChI is InChI=1S/C13H11BrF3N3/c1-7-2-3-9(5-10(7)13(15,16)17)20-12-11(14)4-8(18)6-19-12/h2-6H,18H2,1H3,(H,19,20). The molecule has 2 aromatic rings. The number of benzene rings is 1. The molecule has 106 valence electrons. The van der Waals surface area contributed by atoms with Crippen molar-refractivity contribution in [3.8, 4) is 0 Å². The average Bonchev–Trinajstić information content (AvgIpc) is 2.33. The van der Waals surface area contributed by atoms with Crippen molar-refractivity contribution in [3.63, 3.8) is 0 Å². The third-order valence-corrected chi connectivity index (χ3v) is 3.27. The molecule has 7 heteroatoms. The molecular weight excluding hydrogens is 335 g/mol. The number of rotatable bonds is 2. The van der Waals surface area contributed by atoms with E-state index in [9.17, 15) is 13.2 Å². The second-order valence-corrected chi connectivity index (χ2v) is 5.11. The minimum Gasteiger partial charge on any atom is -0.397 e. The Balaban J connectivity index is 2.35. The lowest BCUT2D eigenvalue weighted by molar-refractivity contribution is -0.138. The molecule has 0 amide bonds. The maximum Gasteiger partial charge on any atom is 0.416 e. The highest BCUT2D eigenvalue weighted by Crippen LogP contribution is 2.34. The molecule has 0 bridgehead atoms. The number of nitrogens with one attached hydrogen (secondary N) is 1. The molecule has 0 fully saturated rings. The van der Waals surface area contributed by atoms with Crippen LogP contribution in [-0.4, -0.2) is 4.98 Å². The van der Waals surface area contributed by atoms with Gasteiger partial charge in [-0.2, -0.15) is 13.2 Å². The van der Waals surface area contributed by atoms with Gasteiger partial charge in [0.25, 0.3) is 0 Å². The van der Waals surface area contributed by atoms with E-state index in [0.29, 0.717) is 21.7 Å². The van der Waals surface area contributed by atoms with E-state index in [4.69, 9.17) is 5.73 Å². The van der Waals surface area contributed by atoms with Gasteiger partial charge >= 0.3 is 6.18 Å². The van der Waals surface area contributed by atoms with E-state index in [1.54, 1.807) is 12.1 Å². The first-order chi connectivity index (χ1) is 9.27. The van der Waals surface area contributed by atoms with Crippen LogP contribution >= 0.6 is 15.9 Å². The van der Waals surface area contributed by atoms with Gasteiger partial charge in [-0.05, 0) is 46.6 Å². The van der Waals surface area contributed by atoms with Crippen molar-refractivity contribution in [2.45, 2.75) is 13.1 Å². The van der Waals surface area contributed by atoms with E-state index in [-0.39, 0.29) is 5.56 Å². The fourth-order valence-corrected chi connectivity index (χ4v) is 2.15. The topological polar surface area (TPSA) is 50.9 Å². The van der Waals surface area contributed by atoms with E-state index in [1.165, 1.54) is 19.2 Å². The lowest BCUT2D eigenvalue weighted by atomic mass is 10.1. The van der Waals surface area contributed by atoms with Crippen LogP contribution in [0.3, 0.4) is 0 Å². The molecule has 0 saturated carbocycles. The van der Waals surface area contributed by atoms with Crippen LogP contribution in [0.4, 0.5) is 30.4 Å². The highest BCUT2D eigenvalue weighted by atomic mass is 79.9. The molecule has 0 atom stereocenters. The predicted octanol–water partition coefficient (Wildman–Crippen LogP) is 4.50. The molecule has 0 saturated heterocycles. The third kappa shape index (κ3) is 3.22. The Morgan fingerprint density at radius 3 is 2.55 bits per heavy atom. The van der Waals surface area contributed by atoms with Crippen molar-refractivity contribution in [2.24, 2.45) is 0 Å². The van der Waals surface area contributed by atoms with E-state index < -0.39 is 11.7 Å². The lowest BCUT2D eigenvalue weighted by Crippen LogP contribution is -2.08. The largest absolute Gasteiger partial charge is 0.416 e. The number of pyridine rings is 1. The molecule has 1 heterocycles. The van der Waals surface area contributed by atoms with Crippen molar-refractivity contribution in [2.75, 3.05) is 11.1 Å². The number of anilines is 3. The molecule has 0 unspecified atom stereocenters. The Morgan fingerprint density at radius 1 is 1.25 bits per heavy atom. The summed E-state index contributed by atoms with van der Waals surface area (Å²) in [6, 6.07) is 5.65. The number of alkyl halides is 3. The highest BCUT2D eigenvalue weighted by Gasteiger charge is 2.32. The summed E-state index contributed by atoms with van der Waals surface area (Å²) in [6.07, 6.45) is -2.96. The summed E-state index contributed by atoms with van der Waals surface area (Å²) in [7, 11) is 0. The van der Waals surface area contributed by atoms with Crippen molar-refractivity contribution >= 4 is 33.1 Å². The van der Waals surface area contributed by atoms with Crippen molar-refractivity contribution in [3.05, 3.63) is 46.1 Å². The zero-order valence-corrected chi connectivity index (χ0v) is 12.0. The Kier molecular flexibility index (Phi) is 3.89. The van der Waals surface area contributed by atoms with Gasteiger partial charge in [-0.3, -0.25) is 0 Å². The summed E-state index contributed by atoms with van der Waals surface area (Å²) in [5.41, 5.74) is 5.82. The van der Waals surface area contributed by atoms with Gasteiger partial charge in [-0.15, -0.1) is 0 Å². The Labute approximate surface area is 122 Å². The molecule has 20 heavy (non-hydrogen) atoms. The van der Waals surface area contributed by atoms with Gasteiger partial charge in [0.1, 0.15) is 5.82 Å². The quantitative estimate of drug-likeness (QED) is 0.842. The summed E-state index contributed by atoms with van der Waals surface area (Å²) in [5.74, 6) is 0.399. The van der Waals surface area contributed by atoms with Crippen LogP contribution in [0.25, 0.3) is 0 Å². The molecule has 0 radical (unpaired) electrons. The van der Waals surface area contributed by atoms with Crippen molar-refractivity contribution < 1.29 is 13.2 Å². The van der Waals surface area contributed by atoms with Crippen molar-refractivity contribution in [1.82, 2.24) is 4.98 Å². The Morgan fingerprint density at radius 2 is 1.95 bits per heavy atom. The summed E-state index contributed by atoms with van der Waals surface area (Å²) >= 11 is 3.25. The number of aryl methyl sites for hydroxylation is 1. The van der Waals surface area contributed by atoms with Crippen LogP contribution in [0, 0.1) is 6.92 Å². The number of nitrogens with two attached hydrogens (primary N) is 1. The average molecular weight is 346 g/mol. The molecule has 0 aliphatic carbocycles. The van der Waals surface area contributed by atoms with E-state index in [2.05, 4.69) is 26.2 Å². The van der Waals surface area contributed by atoms with Crippen LogP contribution in [-0.2, 0) is 6.18 Å². The Hall–Kier alpha value is -1.76. The first-order valence-corrected chi connectivity index (χ1v) is 6.42. The minimum absolute atomic E-state index is 0.174. The second kappa shape index (κ2) is 5.32. The first-order valence-electron chi connectivity index (χ1n) is 5.63. The molecule has 0 aliphatic rings. The van der Waals surface area contributed by atoms with E-state index in [1.807, 2.05) is 0 Å². The summed E-state index contributed by atoms with van der Waals surface area (Å²) in [4.78, 5) is 4.02. The maximum atomic E-state index is 12.8. The molecule has 3 nitrogen and oxygen atoms in total. The number of nitrogens with zero attached hydrogens (tertiary/aromatic N) is 1. The number of nitrogen functional groups attached to an aromatic ring is 1. The second-order valence-electron chi connectivity index (χ2n) is 4.25. The molecule has 2 rings (SSSR count). The fraction of sp³-hybridized carbons (Fsp3) is 0.154. The van der Waals surface area contributed by atoms with Gasteiger partial charge in [-0.25, -0.2) is 4.98 Å². The smallest absolute Gasteiger partial charge is 0.397 e. The monoisotopic (exact) mass is 345 g/mol. The Bertz CT molecular complexity index is 641. The summed E-state index contributed by atoms with van der Waals surface area (Å²) in [5, 5.41) is 2.83. The molecular formula is C13H11BrF3N3. The van der Waals surface area contributed by atoms with E-state index in [0.717, 1.165) is 6.07 Å². The number of hydrogen-bond acceptors (Lipinski definition) is 3. The third-order valence-electron chi connectivity index (χ3n) is 2.67. The highest BCUT2D eigenvalue weighted by molar-refractivity contribution is 9.10. The lowest BCUT2D eigenvalue weighted by Gasteiger charge is -2.13. The molecule has 0 aliphatic heterocycles. The van der Waals surface area contributed by atoms with Crippen LogP contribution in [0.15, 0.2) is 34.9 Å². The molecule has 3 N–H and O–H groups in total. The van der Waals surface area contributed by atoms with Crippen molar-refractivity contribution in [1.29, 1.82) is 0 Å². The minimum atomic E-state index is -4.38. The number of aromatic nitrogens is 1. The number of halogens is 4. The molecule has 1 aromatic carbocycles. The van der Waals surface area contributed by atoms with Gasteiger partial charge in [0, 0.05) is 5.69 Å². The van der Waals surface area contributed by atoms with Crippen LogP contribution < -0.4 is 11.1 Å². The summed E-state index contributed by atoms with van der Waals surface area (Å²) < 4.78 is 39.1. The SMILES string of the molecule is Cc1ccc(Nc2ncc(N)cc2Br)cc1C(F)(F)F. The van der Waals surface area contributed by atoms with E-state index >= 15 is 0 Å². The number of hydrogen-bond donors (Lipinski definition) is 2. The van der Waals surface area contributed by atoms with Gasteiger partial charge in [-0.1, -0.05) is 6.07 Å². The van der Waals surface area contributed by atoms with Crippen LogP contribution in [0.5, 0.6) is 0 Å². The molecule has 0 spiro atoms. The van der Waals surface area contributed by atoms with Gasteiger partial charge in [0.2, 0.25) is 0 Å². The predicted molar refractivity (Wildman–Crippen MR) is 75.8 cm³/mol. The first kappa shape index (κ1) is 14.6. The van der Waals surface area contributed by atoms with Gasteiger partial charge in [0.15, 0.2) is 0 Å². The zero-order valence-electron chi connectivity index (χ0n) is 10.4. The van der Waals surface area contributed by atoms with Gasteiger partial charge < -0.3 is 11.1 Å².